The van der Waals surface area contributed by atoms with Crippen LogP contribution in [0.3, 0.4) is 0 Å². The molecule has 0 saturated carbocycles. The maximum absolute atomic E-state index is 11.3. The summed E-state index contributed by atoms with van der Waals surface area (Å²) in [5.41, 5.74) is 10.4. The Bertz CT molecular complexity index is 2140. The van der Waals surface area contributed by atoms with Crippen LogP contribution in [0.5, 0.6) is 11.5 Å². The van der Waals surface area contributed by atoms with Gasteiger partial charge in [0.2, 0.25) is 5.89 Å². The van der Waals surface area contributed by atoms with Crippen molar-refractivity contribution in [2.75, 3.05) is 25.5 Å². The van der Waals surface area contributed by atoms with Gasteiger partial charge in [0.1, 0.15) is 23.6 Å². The molecule has 2 aromatic heterocycles. The van der Waals surface area contributed by atoms with Gasteiger partial charge in [0.25, 0.3) is 0 Å². The zero-order valence-corrected chi connectivity index (χ0v) is 28.2. The molecule has 0 fully saturated rings. The monoisotopic (exact) mass is 677 g/mol. The summed E-state index contributed by atoms with van der Waals surface area (Å²) >= 11 is 6.65. The molecule has 250 valence electrons. The van der Waals surface area contributed by atoms with Crippen LogP contribution in [0.2, 0.25) is 5.02 Å². The Balaban J connectivity index is 1.10. The van der Waals surface area contributed by atoms with Gasteiger partial charge in [-0.2, -0.15) is 5.10 Å². The van der Waals surface area contributed by atoms with Gasteiger partial charge in [-0.05, 0) is 78.5 Å². The van der Waals surface area contributed by atoms with Gasteiger partial charge in [0, 0.05) is 42.4 Å². The maximum atomic E-state index is 11.3. The Morgan fingerprint density at radius 3 is 2.67 bits per heavy atom. The Labute approximate surface area is 288 Å². The lowest BCUT2D eigenvalue weighted by atomic mass is 9.91. The summed E-state index contributed by atoms with van der Waals surface area (Å²) in [5.74, 6) is 1.08. The Hall–Kier alpha value is -5.32. The number of hydrogen-bond acceptors (Lipinski definition) is 8. The van der Waals surface area contributed by atoms with Crippen LogP contribution in [-0.4, -0.2) is 51.4 Å². The van der Waals surface area contributed by atoms with E-state index in [0.717, 1.165) is 62.4 Å². The van der Waals surface area contributed by atoms with Crippen molar-refractivity contribution in [2.45, 2.75) is 39.5 Å². The second kappa shape index (κ2) is 13.7. The number of fused-ring (bicyclic) bond motifs is 2. The second-order valence-electron chi connectivity index (χ2n) is 12.3. The van der Waals surface area contributed by atoms with Crippen LogP contribution in [0.15, 0.2) is 83.5 Å². The number of ether oxygens (including phenoxy) is 2. The number of aliphatic carboxylic acids is 1. The first-order valence-corrected chi connectivity index (χ1v) is 16.4. The number of rotatable bonds is 11. The van der Waals surface area contributed by atoms with E-state index in [1.165, 1.54) is 0 Å². The molecular formula is C38H36ClN5O5. The highest BCUT2D eigenvalue weighted by Gasteiger charge is 2.26. The van der Waals surface area contributed by atoms with Crippen LogP contribution in [0, 0.1) is 13.8 Å². The summed E-state index contributed by atoms with van der Waals surface area (Å²) in [6.07, 6.45) is 4.25. The van der Waals surface area contributed by atoms with E-state index in [4.69, 9.17) is 30.5 Å². The number of benzene rings is 4. The molecule has 3 heterocycles. The van der Waals surface area contributed by atoms with E-state index in [1.54, 1.807) is 12.4 Å². The summed E-state index contributed by atoms with van der Waals surface area (Å²) < 4.78 is 18.5. The van der Waals surface area contributed by atoms with Crippen LogP contribution in [0.4, 0.5) is 5.69 Å². The lowest BCUT2D eigenvalue weighted by molar-refractivity contribution is -0.138. The third-order valence-corrected chi connectivity index (χ3v) is 9.38. The van der Waals surface area contributed by atoms with Gasteiger partial charge < -0.3 is 24.3 Å². The molecule has 0 spiro atoms. The lowest BCUT2D eigenvalue weighted by Crippen LogP contribution is -2.33. The van der Waals surface area contributed by atoms with E-state index in [0.29, 0.717) is 47.5 Å². The van der Waals surface area contributed by atoms with E-state index in [1.807, 2.05) is 60.5 Å². The zero-order chi connectivity index (χ0) is 34.1. The summed E-state index contributed by atoms with van der Waals surface area (Å²) in [6.45, 7) is 5.62. The minimum absolute atomic E-state index is 0.0218. The molecule has 0 saturated heterocycles. The summed E-state index contributed by atoms with van der Waals surface area (Å²) in [7, 11) is 1.83. The molecule has 1 unspecified atom stereocenters. The molecule has 1 aliphatic rings. The predicted octanol–water partition coefficient (Wildman–Crippen LogP) is 8.19. The largest absolute Gasteiger partial charge is 0.493 e. The summed E-state index contributed by atoms with van der Waals surface area (Å²) in [6, 6.07) is 22.0. The van der Waals surface area contributed by atoms with Gasteiger partial charge in [-0.3, -0.25) is 14.8 Å². The quantitative estimate of drug-likeness (QED) is 0.124. The molecular weight excluding hydrogens is 642 g/mol. The molecule has 1 atom stereocenters. The first-order valence-electron chi connectivity index (χ1n) is 16.1. The van der Waals surface area contributed by atoms with E-state index in [-0.39, 0.29) is 12.6 Å². The fraction of sp³-hybridized carbons (Fsp3) is 0.237. The SMILES string of the molecule is Cc1c(COc2ccc3c(c2)OCCC3N(C)CC(=O)O)cccc1-c1cccc(-c2nc3cc(CNc4cn[nH]c4)cc(Cl)c3o2)c1C. The van der Waals surface area contributed by atoms with Gasteiger partial charge in [0.15, 0.2) is 5.58 Å². The number of oxazole rings is 1. The van der Waals surface area contributed by atoms with Gasteiger partial charge in [-0.1, -0.05) is 48.0 Å². The third kappa shape index (κ3) is 6.70. The number of hydrogen-bond donors (Lipinski definition) is 3. The van der Waals surface area contributed by atoms with Crippen molar-refractivity contribution in [3.63, 3.8) is 0 Å². The number of carboxylic acid groups (broad SMARTS) is 1. The summed E-state index contributed by atoms with van der Waals surface area (Å²) in [5, 5.41) is 19.8. The van der Waals surface area contributed by atoms with Crippen molar-refractivity contribution in [2.24, 2.45) is 0 Å². The molecule has 11 heteroatoms. The van der Waals surface area contributed by atoms with Crippen LogP contribution in [-0.2, 0) is 17.9 Å². The number of carboxylic acids is 1. The summed E-state index contributed by atoms with van der Waals surface area (Å²) in [4.78, 5) is 18.0. The van der Waals surface area contributed by atoms with Crippen molar-refractivity contribution >= 4 is 34.4 Å². The second-order valence-corrected chi connectivity index (χ2v) is 12.7. The molecule has 49 heavy (non-hydrogen) atoms. The van der Waals surface area contributed by atoms with Gasteiger partial charge >= 0.3 is 5.97 Å². The average Bonchev–Trinajstić information content (AvgIpc) is 3.77. The Morgan fingerprint density at radius 2 is 1.88 bits per heavy atom. The number of carbonyl (C=O) groups is 1. The molecule has 7 rings (SSSR count). The van der Waals surface area contributed by atoms with Crippen molar-refractivity contribution in [1.29, 1.82) is 0 Å². The molecule has 0 radical (unpaired) electrons. The van der Waals surface area contributed by atoms with E-state index < -0.39 is 5.97 Å². The zero-order valence-electron chi connectivity index (χ0n) is 27.4. The number of H-pyrrole nitrogens is 1. The van der Waals surface area contributed by atoms with Crippen molar-refractivity contribution in [3.05, 3.63) is 112 Å². The van der Waals surface area contributed by atoms with Crippen LogP contribution in [0.1, 0.15) is 40.3 Å². The van der Waals surface area contributed by atoms with Crippen LogP contribution < -0.4 is 14.8 Å². The normalized spacial score (nSPS) is 14.1. The van der Waals surface area contributed by atoms with E-state index >= 15 is 0 Å². The topological polar surface area (TPSA) is 126 Å². The first kappa shape index (κ1) is 32.2. The van der Waals surface area contributed by atoms with Gasteiger partial charge in [-0.15, -0.1) is 0 Å². The number of aromatic nitrogens is 3. The highest BCUT2D eigenvalue weighted by atomic mass is 35.5. The smallest absolute Gasteiger partial charge is 0.317 e. The number of nitrogens with zero attached hydrogens (tertiary/aromatic N) is 3. The first-order chi connectivity index (χ1) is 23.7. The molecule has 0 amide bonds. The van der Waals surface area contributed by atoms with E-state index in [9.17, 15) is 9.90 Å². The molecule has 3 N–H and O–H groups in total. The Morgan fingerprint density at radius 1 is 1.08 bits per heavy atom. The highest BCUT2D eigenvalue weighted by Crippen LogP contribution is 2.39. The number of halogens is 1. The molecule has 4 aromatic carbocycles. The number of nitrogens with one attached hydrogen (secondary N) is 2. The van der Waals surface area contributed by atoms with Gasteiger partial charge in [-0.25, -0.2) is 4.98 Å². The number of anilines is 1. The van der Waals surface area contributed by atoms with E-state index in [2.05, 4.69) is 47.6 Å². The molecule has 0 bridgehead atoms. The fourth-order valence-corrected chi connectivity index (χ4v) is 6.76. The lowest BCUT2D eigenvalue weighted by Gasteiger charge is -2.32. The highest BCUT2D eigenvalue weighted by molar-refractivity contribution is 6.34. The standard InChI is InChI=1S/C38H36ClN5O5/c1-22-25(21-48-27-10-11-31-34(44(3)20-36(45)46)12-13-47-35(31)16-27)6-4-7-28(22)29-8-5-9-30(23(29)2)38-43-33-15-24(14-32(39)37(33)49-38)17-40-26-18-41-42-19-26/h4-11,14-16,18-19,34,40H,12-13,17,20-21H2,1-3H3,(H,41,42)(H,45,46). The van der Waals surface area contributed by atoms with Crippen molar-refractivity contribution in [3.8, 4) is 34.1 Å². The average molecular weight is 678 g/mol. The third-order valence-electron chi connectivity index (χ3n) is 9.10. The molecule has 6 aromatic rings. The van der Waals surface area contributed by atoms with Crippen LogP contribution >= 0.6 is 11.6 Å². The number of aromatic amines is 1. The fourth-order valence-electron chi connectivity index (χ4n) is 6.49. The minimum Gasteiger partial charge on any atom is -0.493 e. The van der Waals surface area contributed by atoms with Crippen molar-refractivity contribution in [1.82, 2.24) is 20.1 Å². The van der Waals surface area contributed by atoms with Crippen molar-refractivity contribution < 1.29 is 23.8 Å². The maximum Gasteiger partial charge on any atom is 0.317 e. The Kier molecular flexibility index (Phi) is 8.99. The molecule has 0 aliphatic carbocycles. The molecule has 1 aliphatic heterocycles. The molecule has 10 nitrogen and oxygen atoms in total. The van der Waals surface area contributed by atoms with Gasteiger partial charge in [0.05, 0.1) is 30.1 Å². The predicted molar refractivity (Wildman–Crippen MR) is 189 cm³/mol. The minimum atomic E-state index is -0.851. The number of likely N-dealkylation sites (N-methyl/N-ethyl adjacent to an activating group) is 1. The van der Waals surface area contributed by atoms with Crippen LogP contribution in [0.25, 0.3) is 33.7 Å².